The van der Waals surface area contributed by atoms with E-state index in [1.54, 1.807) is 12.1 Å². The normalized spacial score (nSPS) is 10.9. The van der Waals surface area contributed by atoms with Crippen LogP contribution in [0, 0.1) is 5.82 Å². The summed E-state index contributed by atoms with van der Waals surface area (Å²) in [7, 11) is 0. The van der Waals surface area contributed by atoms with E-state index in [-0.39, 0.29) is 17.4 Å². The fourth-order valence-corrected chi connectivity index (χ4v) is 2.86. The zero-order valence-electron chi connectivity index (χ0n) is 13.2. The van der Waals surface area contributed by atoms with Gasteiger partial charge in [0.05, 0.1) is 5.39 Å². The quantitative estimate of drug-likeness (QED) is 0.493. The first kappa shape index (κ1) is 17.6. The lowest BCUT2D eigenvalue weighted by Crippen LogP contribution is -2.23. The second-order valence-electron chi connectivity index (χ2n) is 5.32. The van der Waals surface area contributed by atoms with E-state index in [0.29, 0.717) is 5.39 Å². The highest BCUT2D eigenvalue weighted by molar-refractivity contribution is 7.97. The van der Waals surface area contributed by atoms with Gasteiger partial charge in [-0.3, -0.25) is 10.0 Å². The van der Waals surface area contributed by atoms with Crippen LogP contribution in [-0.2, 0) is 0 Å². The van der Waals surface area contributed by atoms with Gasteiger partial charge in [0.15, 0.2) is 11.6 Å². The Morgan fingerprint density at radius 3 is 2.87 bits per heavy atom. The maximum absolute atomic E-state index is 13.5. The highest BCUT2D eigenvalue weighted by Gasteiger charge is 2.13. The molecular weight excluding hydrogens is 317 g/mol. The van der Waals surface area contributed by atoms with Crippen molar-refractivity contribution in [1.82, 2.24) is 9.88 Å². The van der Waals surface area contributed by atoms with Crippen molar-refractivity contribution in [2.45, 2.75) is 45.4 Å². The van der Waals surface area contributed by atoms with Gasteiger partial charge in [-0.1, -0.05) is 50.3 Å². The van der Waals surface area contributed by atoms with Crippen LogP contribution in [0.4, 0.5) is 15.0 Å². The summed E-state index contributed by atoms with van der Waals surface area (Å²) in [5, 5.41) is 6.70. The molecule has 0 unspecified atom stereocenters. The van der Waals surface area contributed by atoms with Crippen LogP contribution in [0.1, 0.15) is 45.4 Å². The smallest absolute Gasteiger partial charge is 0.330 e. The maximum Gasteiger partial charge on any atom is 0.330 e. The number of nitrogens with one attached hydrogen (secondary N) is 2. The average Bonchev–Trinajstić information content (AvgIpc) is 2.94. The molecule has 0 spiro atoms. The second-order valence-corrected chi connectivity index (χ2v) is 6.22. The summed E-state index contributed by atoms with van der Waals surface area (Å²) in [5.41, 5.74) is 0.0440. The number of halogens is 1. The topological polar surface area (TPSA) is 67.2 Å². The lowest BCUT2D eigenvalue weighted by molar-refractivity contribution is 0.257. The Balaban J connectivity index is 1.67. The van der Waals surface area contributed by atoms with E-state index in [4.69, 9.17) is 4.52 Å². The largest absolute Gasteiger partial charge is 0.351 e. The number of carbonyl (C=O) groups excluding carboxylic acids is 1. The van der Waals surface area contributed by atoms with Crippen molar-refractivity contribution >= 4 is 34.8 Å². The SMILES string of the molecule is CCCCCCCCSNC(=O)Nc1noc2c(F)cccc12. The highest BCUT2D eigenvalue weighted by Crippen LogP contribution is 2.24. The first-order valence-corrected chi connectivity index (χ1v) is 8.93. The second kappa shape index (κ2) is 9.39. The van der Waals surface area contributed by atoms with Crippen LogP contribution in [0.15, 0.2) is 22.7 Å². The predicted molar refractivity (Wildman–Crippen MR) is 92.0 cm³/mol. The van der Waals surface area contributed by atoms with Crippen molar-refractivity contribution in [3.8, 4) is 0 Å². The molecule has 0 bridgehead atoms. The molecule has 0 aliphatic rings. The number of rotatable bonds is 9. The molecule has 2 amide bonds. The number of aromatic nitrogens is 1. The van der Waals surface area contributed by atoms with Gasteiger partial charge in [-0.25, -0.2) is 9.18 Å². The lowest BCUT2D eigenvalue weighted by Gasteiger charge is -2.05. The summed E-state index contributed by atoms with van der Waals surface area (Å²) < 4.78 is 21.1. The fraction of sp³-hybridized carbons (Fsp3) is 0.500. The summed E-state index contributed by atoms with van der Waals surface area (Å²) in [5.74, 6) is 0.589. The molecule has 0 aliphatic heterocycles. The highest BCUT2D eigenvalue weighted by atomic mass is 32.2. The maximum atomic E-state index is 13.5. The zero-order chi connectivity index (χ0) is 16.5. The molecule has 1 aromatic carbocycles. The number of fused-ring (bicyclic) bond motifs is 1. The molecule has 0 saturated heterocycles. The lowest BCUT2D eigenvalue weighted by atomic mass is 10.1. The van der Waals surface area contributed by atoms with Gasteiger partial charge in [0.25, 0.3) is 0 Å². The number of anilines is 1. The van der Waals surface area contributed by atoms with E-state index >= 15 is 0 Å². The minimum atomic E-state index is -0.499. The van der Waals surface area contributed by atoms with Crippen LogP contribution < -0.4 is 10.0 Å². The summed E-state index contributed by atoms with van der Waals surface area (Å²) in [6.45, 7) is 2.20. The number of benzene rings is 1. The molecule has 0 saturated carbocycles. The van der Waals surface area contributed by atoms with Crippen LogP contribution in [-0.4, -0.2) is 16.9 Å². The van der Waals surface area contributed by atoms with Crippen LogP contribution >= 0.6 is 11.9 Å². The van der Waals surface area contributed by atoms with E-state index in [0.717, 1.165) is 12.2 Å². The number of hydrogen-bond donors (Lipinski definition) is 2. The summed E-state index contributed by atoms with van der Waals surface area (Å²) in [6.07, 6.45) is 7.33. The van der Waals surface area contributed by atoms with Gasteiger partial charge in [-0.2, -0.15) is 0 Å². The molecule has 2 aromatic rings. The van der Waals surface area contributed by atoms with E-state index in [1.165, 1.54) is 50.1 Å². The third kappa shape index (κ3) is 5.42. The summed E-state index contributed by atoms with van der Waals surface area (Å²) >= 11 is 1.36. The molecule has 5 nitrogen and oxygen atoms in total. The zero-order valence-corrected chi connectivity index (χ0v) is 14.0. The van der Waals surface area contributed by atoms with E-state index in [9.17, 15) is 9.18 Å². The summed E-state index contributed by atoms with van der Waals surface area (Å²) in [4.78, 5) is 11.8. The molecule has 1 heterocycles. The first-order chi connectivity index (χ1) is 11.2. The molecule has 2 rings (SSSR count). The number of nitrogens with zero attached hydrogens (tertiary/aromatic N) is 1. The van der Waals surface area contributed by atoms with Crippen molar-refractivity contribution in [3.63, 3.8) is 0 Å². The minimum Gasteiger partial charge on any atom is -0.351 e. The van der Waals surface area contributed by atoms with Gasteiger partial charge in [0.1, 0.15) is 0 Å². The molecule has 0 aliphatic carbocycles. The predicted octanol–water partition coefficient (Wildman–Crippen LogP) is 5.10. The number of urea groups is 1. The van der Waals surface area contributed by atoms with E-state index in [1.807, 2.05) is 0 Å². The van der Waals surface area contributed by atoms with Crippen molar-refractivity contribution in [2.75, 3.05) is 11.1 Å². The van der Waals surface area contributed by atoms with Gasteiger partial charge in [0.2, 0.25) is 5.58 Å². The Hall–Kier alpha value is -1.76. The van der Waals surface area contributed by atoms with Gasteiger partial charge in [-0.15, -0.1) is 0 Å². The Morgan fingerprint density at radius 2 is 2.04 bits per heavy atom. The van der Waals surface area contributed by atoms with Crippen LogP contribution in [0.3, 0.4) is 0 Å². The van der Waals surface area contributed by atoms with Crippen molar-refractivity contribution in [1.29, 1.82) is 0 Å². The Bertz CT molecular complexity index is 633. The Labute approximate surface area is 139 Å². The van der Waals surface area contributed by atoms with Gasteiger partial charge in [0, 0.05) is 5.75 Å². The molecule has 0 fully saturated rings. The van der Waals surface area contributed by atoms with Gasteiger partial charge < -0.3 is 4.52 Å². The van der Waals surface area contributed by atoms with E-state index < -0.39 is 5.82 Å². The van der Waals surface area contributed by atoms with Gasteiger partial charge in [-0.05, 0) is 30.5 Å². The first-order valence-electron chi connectivity index (χ1n) is 7.95. The molecular formula is C16H22FN3O2S. The molecule has 23 heavy (non-hydrogen) atoms. The average molecular weight is 339 g/mol. The summed E-state index contributed by atoms with van der Waals surface area (Å²) in [6, 6.07) is 4.09. The van der Waals surface area contributed by atoms with Crippen molar-refractivity contribution in [2.24, 2.45) is 0 Å². The number of hydrogen-bond acceptors (Lipinski definition) is 4. The van der Waals surface area contributed by atoms with E-state index in [2.05, 4.69) is 22.1 Å². The van der Waals surface area contributed by atoms with Crippen molar-refractivity contribution < 1.29 is 13.7 Å². The third-order valence-electron chi connectivity index (χ3n) is 3.45. The number of para-hydroxylation sites is 1. The Kier molecular flexibility index (Phi) is 7.19. The standard InChI is InChI=1S/C16H22FN3O2S/c1-2-3-4-5-6-7-11-23-20-16(21)18-15-12-9-8-10-13(17)14(12)22-19-15/h8-10H,2-7,11H2,1H3,(H2,18,19,20,21). The third-order valence-corrected chi connectivity index (χ3v) is 4.27. The molecule has 0 radical (unpaired) electrons. The monoisotopic (exact) mass is 339 g/mol. The van der Waals surface area contributed by atoms with Gasteiger partial charge >= 0.3 is 6.03 Å². The molecule has 126 valence electrons. The molecule has 0 atom stereocenters. The fourth-order valence-electron chi connectivity index (χ4n) is 2.22. The van der Waals surface area contributed by atoms with Crippen molar-refractivity contribution in [3.05, 3.63) is 24.0 Å². The molecule has 7 heteroatoms. The number of carbonyl (C=O) groups is 1. The molecule has 2 N–H and O–H groups in total. The number of unbranched alkanes of at least 4 members (excludes halogenated alkanes) is 5. The van der Waals surface area contributed by atoms with Crippen LogP contribution in [0.2, 0.25) is 0 Å². The molecule has 1 aromatic heterocycles. The van der Waals surface area contributed by atoms with Crippen LogP contribution in [0.5, 0.6) is 0 Å². The van der Waals surface area contributed by atoms with Crippen LogP contribution in [0.25, 0.3) is 11.0 Å². The number of amides is 2. The minimum absolute atomic E-state index is 0.0440. The Morgan fingerprint density at radius 1 is 1.26 bits per heavy atom.